The number of β-lactam (4-membered cyclic amide) rings is 1. The smallest absolute Gasteiger partial charge is 0.245 e. The molecule has 2 fully saturated rings. The Labute approximate surface area is 135 Å². The highest BCUT2D eigenvalue weighted by Gasteiger charge is 2.57. The SMILES string of the molecule is CC(O)C(C(=O)NCc1ccccc1)N1CC2(CCCN2)C1=O. The van der Waals surface area contributed by atoms with Crippen molar-refractivity contribution in [1.29, 1.82) is 0 Å². The highest BCUT2D eigenvalue weighted by Crippen LogP contribution is 2.33. The minimum absolute atomic E-state index is 0.0734. The molecule has 23 heavy (non-hydrogen) atoms. The lowest BCUT2D eigenvalue weighted by Gasteiger charge is -2.50. The van der Waals surface area contributed by atoms with Gasteiger partial charge in [-0.3, -0.25) is 9.59 Å². The molecule has 3 unspecified atom stereocenters. The lowest BCUT2D eigenvalue weighted by atomic mass is 9.84. The minimum Gasteiger partial charge on any atom is -0.391 e. The fourth-order valence-electron chi connectivity index (χ4n) is 3.47. The molecule has 0 radical (unpaired) electrons. The average molecular weight is 317 g/mol. The number of nitrogens with one attached hydrogen (secondary N) is 2. The number of aliphatic hydroxyl groups is 1. The molecule has 3 atom stereocenters. The van der Waals surface area contributed by atoms with Gasteiger partial charge in [-0.15, -0.1) is 0 Å². The lowest BCUT2D eigenvalue weighted by molar-refractivity contribution is -0.164. The summed E-state index contributed by atoms with van der Waals surface area (Å²) in [5.74, 6) is -0.388. The van der Waals surface area contributed by atoms with Crippen LogP contribution in [-0.4, -0.2) is 52.6 Å². The van der Waals surface area contributed by atoms with E-state index in [1.165, 1.54) is 4.90 Å². The van der Waals surface area contributed by atoms with E-state index in [1.807, 2.05) is 30.3 Å². The second-order valence-corrected chi connectivity index (χ2v) is 6.43. The normalized spacial score (nSPS) is 26.0. The first kappa shape index (κ1) is 16.0. The van der Waals surface area contributed by atoms with E-state index in [1.54, 1.807) is 6.92 Å². The third-order valence-corrected chi connectivity index (χ3v) is 4.73. The lowest BCUT2D eigenvalue weighted by Crippen LogP contribution is -2.76. The molecule has 0 bridgehead atoms. The fourth-order valence-corrected chi connectivity index (χ4v) is 3.47. The van der Waals surface area contributed by atoms with Gasteiger partial charge in [0.2, 0.25) is 11.8 Å². The molecule has 3 rings (SSSR count). The zero-order valence-electron chi connectivity index (χ0n) is 13.3. The van der Waals surface area contributed by atoms with Crippen molar-refractivity contribution in [3.63, 3.8) is 0 Å². The molecule has 2 saturated heterocycles. The number of rotatable bonds is 5. The van der Waals surface area contributed by atoms with Crippen molar-refractivity contribution >= 4 is 11.8 Å². The largest absolute Gasteiger partial charge is 0.391 e. The molecule has 6 nitrogen and oxygen atoms in total. The summed E-state index contributed by atoms with van der Waals surface area (Å²) in [5, 5.41) is 16.0. The Morgan fingerprint density at radius 3 is 2.74 bits per heavy atom. The standard InChI is InChI=1S/C17H23N3O3/c1-12(21)14(15(22)18-10-13-6-3-2-4-7-13)20-11-17(16(20)23)8-5-9-19-17/h2-4,6-7,12,14,19,21H,5,8-11H2,1H3,(H,18,22). The first-order valence-electron chi connectivity index (χ1n) is 8.09. The van der Waals surface area contributed by atoms with Crippen molar-refractivity contribution in [2.24, 2.45) is 0 Å². The number of likely N-dealkylation sites (tertiary alicyclic amines) is 1. The number of hydrogen-bond donors (Lipinski definition) is 3. The van der Waals surface area contributed by atoms with Gasteiger partial charge in [-0.2, -0.15) is 0 Å². The highest BCUT2D eigenvalue weighted by atomic mass is 16.3. The van der Waals surface area contributed by atoms with Crippen LogP contribution >= 0.6 is 0 Å². The maximum Gasteiger partial charge on any atom is 0.245 e. The van der Waals surface area contributed by atoms with Gasteiger partial charge >= 0.3 is 0 Å². The molecule has 2 amide bonds. The number of amides is 2. The van der Waals surface area contributed by atoms with Gasteiger partial charge in [0.25, 0.3) is 0 Å². The van der Waals surface area contributed by atoms with E-state index in [4.69, 9.17) is 0 Å². The summed E-state index contributed by atoms with van der Waals surface area (Å²) in [6.45, 7) is 3.25. The molecular formula is C17H23N3O3. The van der Waals surface area contributed by atoms with Gasteiger partial charge in [-0.25, -0.2) is 0 Å². The van der Waals surface area contributed by atoms with Crippen molar-refractivity contribution in [2.45, 2.75) is 44.0 Å². The number of benzene rings is 1. The second kappa shape index (κ2) is 6.29. The predicted molar refractivity (Wildman–Crippen MR) is 85.4 cm³/mol. The van der Waals surface area contributed by atoms with Crippen LogP contribution in [0.2, 0.25) is 0 Å². The van der Waals surface area contributed by atoms with Gasteiger partial charge in [-0.1, -0.05) is 30.3 Å². The van der Waals surface area contributed by atoms with E-state index in [9.17, 15) is 14.7 Å². The van der Waals surface area contributed by atoms with Gasteiger partial charge in [0.1, 0.15) is 11.6 Å². The van der Waals surface area contributed by atoms with Crippen LogP contribution in [0.15, 0.2) is 30.3 Å². The van der Waals surface area contributed by atoms with Crippen molar-refractivity contribution in [3.05, 3.63) is 35.9 Å². The molecule has 6 heteroatoms. The van der Waals surface area contributed by atoms with Crippen LogP contribution in [-0.2, 0) is 16.1 Å². The summed E-state index contributed by atoms with van der Waals surface area (Å²) in [4.78, 5) is 26.4. The predicted octanol–water partition coefficient (Wildman–Crippen LogP) is 0.0166. The van der Waals surface area contributed by atoms with Crippen LogP contribution in [0.4, 0.5) is 0 Å². The molecule has 124 valence electrons. The van der Waals surface area contributed by atoms with Gasteiger partial charge in [0.15, 0.2) is 0 Å². The van der Waals surface area contributed by atoms with Crippen molar-refractivity contribution in [3.8, 4) is 0 Å². The summed E-state index contributed by atoms with van der Waals surface area (Å²) >= 11 is 0. The van der Waals surface area contributed by atoms with E-state index >= 15 is 0 Å². The first-order chi connectivity index (χ1) is 11.0. The summed E-state index contributed by atoms with van der Waals surface area (Å²) in [6, 6.07) is 8.73. The minimum atomic E-state index is -0.909. The third kappa shape index (κ3) is 2.96. The zero-order valence-corrected chi connectivity index (χ0v) is 13.3. The van der Waals surface area contributed by atoms with E-state index in [0.29, 0.717) is 13.1 Å². The zero-order chi connectivity index (χ0) is 16.4. The molecule has 0 saturated carbocycles. The van der Waals surface area contributed by atoms with Crippen molar-refractivity contribution in [1.82, 2.24) is 15.5 Å². The number of carbonyl (C=O) groups is 2. The Hall–Kier alpha value is -1.92. The van der Waals surface area contributed by atoms with E-state index < -0.39 is 17.7 Å². The van der Waals surface area contributed by atoms with Crippen LogP contribution in [0.3, 0.4) is 0 Å². The molecule has 0 aliphatic carbocycles. The molecule has 2 aliphatic heterocycles. The number of nitrogens with zero attached hydrogens (tertiary/aromatic N) is 1. The molecule has 1 aromatic carbocycles. The van der Waals surface area contributed by atoms with E-state index in [2.05, 4.69) is 10.6 Å². The average Bonchev–Trinajstić information content (AvgIpc) is 3.04. The molecule has 2 heterocycles. The first-order valence-corrected chi connectivity index (χ1v) is 8.09. The number of aliphatic hydroxyl groups excluding tert-OH is 1. The van der Waals surface area contributed by atoms with Crippen LogP contribution in [0.1, 0.15) is 25.3 Å². The quantitative estimate of drug-likeness (QED) is 0.669. The third-order valence-electron chi connectivity index (χ3n) is 4.73. The fraction of sp³-hybridized carbons (Fsp3) is 0.529. The Morgan fingerprint density at radius 2 is 2.17 bits per heavy atom. The van der Waals surface area contributed by atoms with E-state index in [0.717, 1.165) is 24.9 Å². The van der Waals surface area contributed by atoms with Crippen molar-refractivity contribution in [2.75, 3.05) is 13.1 Å². The van der Waals surface area contributed by atoms with Crippen LogP contribution < -0.4 is 10.6 Å². The highest BCUT2D eigenvalue weighted by molar-refractivity contribution is 5.97. The van der Waals surface area contributed by atoms with Gasteiger partial charge in [-0.05, 0) is 31.9 Å². The molecule has 1 spiro atoms. The van der Waals surface area contributed by atoms with E-state index in [-0.39, 0.29) is 11.8 Å². The van der Waals surface area contributed by atoms with Crippen LogP contribution in [0.25, 0.3) is 0 Å². The molecule has 0 aromatic heterocycles. The Kier molecular flexibility index (Phi) is 4.37. The Balaban J connectivity index is 1.63. The topological polar surface area (TPSA) is 81.7 Å². The molecule has 3 N–H and O–H groups in total. The van der Waals surface area contributed by atoms with Gasteiger partial charge in [0, 0.05) is 13.1 Å². The second-order valence-electron chi connectivity index (χ2n) is 6.43. The molecule has 2 aliphatic rings. The number of carbonyl (C=O) groups excluding carboxylic acids is 2. The summed E-state index contributed by atoms with van der Waals surface area (Å²) in [5.41, 5.74) is 0.487. The van der Waals surface area contributed by atoms with Crippen LogP contribution in [0.5, 0.6) is 0 Å². The molecular weight excluding hydrogens is 294 g/mol. The number of hydrogen-bond acceptors (Lipinski definition) is 4. The summed E-state index contributed by atoms with van der Waals surface area (Å²) < 4.78 is 0. The Morgan fingerprint density at radius 1 is 1.43 bits per heavy atom. The molecule has 1 aromatic rings. The van der Waals surface area contributed by atoms with Gasteiger partial charge < -0.3 is 20.6 Å². The Bertz CT molecular complexity index is 582. The monoisotopic (exact) mass is 317 g/mol. The van der Waals surface area contributed by atoms with Gasteiger partial charge in [0.05, 0.1) is 6.10 Å². The van der Waals surface area contributed by atoms with Crippen molar-refractivity contribution < 1.29 is 14.7 Å². The maximum atomic E-state index is 12.5. The van der Waals surface area contributed by atoms with Crippen LogP contribution in [0, 0.1) is 0 Å². The summed E-state index contributed by atoms with van der Waals surface area (Å²) in [7, 11) is 0. The maximum absolute atomic E-state index is 12.5. The summed E-state index contributed by atoms with van der Waals surface area (Å²) in [6.07, 6.45) is 0.869.